The summed E-state index contributed by atoms with van der Waals surface area (Å²) in [6, 6.07) is 10.7. The van der Waals surface area contributed by atoms with E-state index in [1.807, 2.05) is 24.3 Å². The van der Waals surface area contributed by atoms with E-state index in [1.54, 1.807) is 18.3 Å². The van der Waals surface area contributed by atoms with Crippen LogP contribution in [-0.2, 0) is 0 Å². The molecule has 0 atom stereocenters. The average molecular weight is 238 g/mol. The highest BCUT2D eigenvalue weighted by Crippen LogP contribution is 2.24. The molecule has 0 saturated heterocycles. The third kappa shape index (κ3) is 1.55. The topological polar surface area (TPSA) is 69.1 Å². The molecule has 3 rings (SSSR count). The maximum absolute atomic E-state index is 12.4. The van der Waals surface area contributed by atoms with Gasteiger partial charge in [-0.15, -0.1) is 0 Å². The zero-order valence-corrected chi connectivity index (χ0v) is 9.46. The molecule has 2 aromatic heterocycles. The molecule has 0 aliphatic heterocycles. The molecule has 18 heavy (non-hydrogen) atoms. The van der Waals surface area contributed by atoms with Crippen molar-refractivity contribution in [2.45, 2.75) is 0 Å². The second-order valence-electron chi connectivity index (χ2n) is 3.91. The van der Waals surface area contributed by atoms with Crippen LogP contribution in [0.5, 0.6) is 0 Å². The van der Waals surface area contributed by atoms with Crippen LogP contribution < -0.4 is 5.73 Å². The Morgan fingerprint density at radius 3 is 2.78 bits per heavy atom. The molecule has 0 unspecified atom stereocenters. The Morgan fingerprint density at radius 1 is 1.11 bits per heavy atom. The van der Waals surface area contributed by atoms with Gasteiger partial charge in [0.2, 0.25) is 5.78 Å². The lowest BCUT2D eigenvalue weighted by Crippen LogP contribution is -2.05. The molecule has 0 spiro atoms. The second kappa shape index (κ2) is 4.00. The van der Waals surface area contributed by atoms with E-state index in [-0.39, 0.29) is 11.6 Å². The number of anilines is 1. The Balaban J connectivity index is 2.16. The van der Waals surface area contributed by atoms with E-state index in [0.717, 1.165) is 5.39 Å². The number of nitrogens with two attached hydrogens (primary N) is 1. The highest BCUT2D eigenvalue weighted by Gasteiger charge is 2.17. The first-order valence-corrected chi connectivity index (χ1v) is 5.49. The molecule has 0 aliphatic carbocycles. The largest absolute Gasteiger partial charge is 0.464 e. The van der Waals surface area contributed by atoms with Crippen molar-refractivity contribution < 1.29 is 9.21 Å². The van der Waals surface area contributed by atoms with E-state index in [2.05, 4.69) is 4.98 Å². The third-order valence-electron chi connectivity index (χ3n) is 2.81. The molecule has 0 radical (unpaired) electrons. The number of rotatable bonds is 2. The summed E-state index contributed by atoms with van der Waals surface area (Å²) in [5.74, 6) is 0.0540. The third-order valence-corrected chi connectivity index (χ3v) is 2.81. The first-order chi connectivity index (χ1) is 8.77. The van der Waals surface area contributed by atoms with Gasteiger partial charge in [-0.1, -0.05) is 18.2 Å². The van der Waals surface area contributed by atoms with Gasteiger partial charge in [0.1, 0.15) is 17.7 Å². The molecule has 0 amide bonds. The highest BCUT2D eigenvalue weighted by atomic mass is 16.3. The summed E-state index contributed by atoms with van der Waals surface area (Å²) in [4.78, 5) is 16.3. The first-order valence-electron chi connectivity index (χ1n) is 5.49. The van der Waals surface area contributed by atoms with E-state index >= 15 is 0 Å². The van der Waals surface area contributed by atoms with Gasteiger partial charge in [-0.2, -0.15) is 0 Å². The normalized spacial score (nSPS) is 10.7. The molecule has 0 bridgehead atoms. The van der Waals surface area contributed by atoms with Crippen LogP contribution in [0.15, 0.2) is 53.3 Å². The van der Waals surface area contributed by atoms with Crippen molar-refractivity contribution in [1.82, 2.24) is 4.98 Å². The number of para-hydroxylation sites is 1. The Morgan fingerprint density at radius 2 is 1.94 bits per heavy atom. The van der Waals surface area contributed by atoms with E-state index < -0.39 is 0 Å². The summed E-state index contributed by atoms with van der Waals surface area (Å²) in [7, 11) is 0. The number of ketones is 1. The number of carbonyl (C=O) groups excluding carboxylic acids is 1. The van der Waals surface area contributed by atoms with Crippen LogP contribution in [0.2, 0.25) is 0 Å². The molecule has 0 fully saturated rings. The van der Waals surface area contributed by atoms with Crippen LogP contribution in [0.25, 0.3) is 11.0 Å². The zero-order valence-electron chi connectivity index (χ0n) is 9.46. The lowest BCUT2D eigenvalue weighted by atomic mass is 10.0. The smallest absolute Gasteiger partial charge is 0.200 e. The zero-order chi connectivity index (χ0) is 12.5. The van der Waals surface area contributed by atoms with Crippen molar-refractivity contribution in [3.05, 3.63) is 60.0 Å². The van der Waals surface area contributed by atoms with Crippen molar-refractivity contribution >= 4 is 22.6 Å². The van der Waals surface area contributed by atoms with Gasteiger partial charge < -0.3 is 10.2 Å². The van der Waals surface area contributed by atoms with Crippen LogP contribution in [0.3, 0.4) is 0 Å². The molecule has 4 heteroatoms. The van der Waals surface area contributed by atoms with Crippen molar-refractivity contribution in [2.24, 2.45) is 0 Å². The van der Waals surface area contributed by atoms with E-state index in [1.165, 1.54) is 6.26 Å². The molecule has 4 nitrogen and oxygen atoms in total. The minimum atomic E-state index is -0.175. The Hall–Kier alpha value is -2.62. The fourth-order valence-electron chi connectivity index (χ4n) is 1.91. The quantitative estimate of drug-likeness (QED) is 0.697. The highest BCUT2D eigenvalue weighted by molar-refractivity contribution is 6.17. The maximum Gasteiger partial charge on any atom is 0.200 e. The Kier molecular flexibility index (Phi) is 2.34. The molecular weight excluding hydrogens is 228 g/mol. The maximum atomic E-state index is 12.4. The number of furan rings is 1. The van der Waals surface area contributed by atoms with Crippen LogP contribution in [-0.4, -0.2) is 10.8 Å². The van der Waals surface area contributed by atoms with E-state index in [4.69, 9.17) is 10.2 Å². The fraction of sp³-hybridized carbons (Fsp3) is 0. The van der Waals surface area contributed by atoms with Gasteiger partial charge >= 0.3 is 0 Å². The van der Waals surface area contributed by atoms with Crippen LogP contribution in [0, 0.1) is 0 Å². The van der Waals surface area contributed by atoms with Gasteiger partial charge in [-0.05, 0) is 18.2 Å². The number of fused-ring (bicyclic) bond motifs is 1. The monoisotopic (exact) mass is 238 g/mol. The summed E-state index contributed by atoms with van der Waals surface area (Å²) >= 11 is 0. The Labute approximate surface area is 103 Å². The van der Waals surface area contributed by atoms with Crippen molar-refractivity contribution in [1.29, 1.82) is 0 Å². The number of nitrogen functional groups attached to an aromatic ring is 1. The van der Waals surface area contributed by atoms with E-state index in [0.29, 0.717) is 16.7 Å². The Bertz CT molecular complexity index is 731. The molecule has 0 aliphatic rings. The van der Waals surface area contributed by atoms with Gasteiger partial charge in [-0.25, -0.2) is 4.98 Å². The van der Waals surface area contributed by atoms with Gasteiger partial charge in [0.05, 0.1) is 11.1 Å². The minimum absolute atomic E-state index is 0.175. The number of aromatic nitrogens is 1. The number of hydrogen-bond donors (Lipinski definition) is 1. The van der Waals surface area contributed by atoms with Gasteiger partial charge in [0, 0.05) is 11.6 Å². The summed E-state index contributed by atoms with van der Waals surface area (Å²) in [5, 5.41) is 0.783. The first kappa shape index (κ1) is 10.5. The average Bonchev–Trinajstić information content (AvgIpc) is 2.82. The molecule has 3 aromatic rings. The number of benzene rings is 1. The van der Waals surface area contributed by atoms with Crippen molar-refractivity contribution in [3.63, 3.8) is 0 Å². The van der Waals surface area contributed by atoms with Crippen molar-refractivity contribution in [3.8, 4) is 0 Å². The van der Waals surface area contributed by atoms with Crippen LogP contribution >= 0.6 is 0 Å². The van der Waals surface area contributed by atoms with Gasteiger partial charge in [0.15, 0.2) is 0 Å². The molecule has 2 heterocycles. The summed E-state index contributed by atoms with van der Waals surface area (Å²) in [6.07, 6.45) is 3.01. The van der Waals surface area contributed by atoms with Crippen molar-refractivity contribution in [2.75, 3.05) is 5.73 Å². The number of pyridine rings is 1. The molecule has 2 N–H and O–H groups in total. The molecular formula is C14H10N2O2. The number of hydrogen-bond acceptors (Lipinski definition) is 4. The van der Waals surface area contributed by atoms with Crippen LogP contribution in [0.1, 0.15) is 15.9 Å². The summed E-state index contributed by atoms with van der Waals surface area (Å²) in [5.41, 5.74) is 7.29. The standard InChI is InChI=1S/C14H10N2O2/c15-14-10(5-3-7-16-14)13(17)11-8-18-12-6-2-1-4-9(11)12/h1-8H,(H2,15,16). The lowest BCUT2D eigenvalue weighted by Gasteiger charge is -2.01. The number of nitrogens with zero attached hydrogens (tertiary/aromatic N) is 1. The van der Waals surface area contributed by atoms with Gasteiger partial charge in [-0.3, -0.25) is 4.79 Å². The van der Waals surface area contributed by atoms with Gasteiger partial charge in [0.25, 0.3) is 0 Å². The molecule has 1 aromatic carbocycles. The predicted octanol–water partition coefficient (Wildman–Crippen LogP) is 2.64. The van der Waals surface area contributed by atoms with Crippen LogP contribution in [0.4, 0.5) is 5.82 Å². The SMILES string of the molecule is Nc1ncccc1C(=O)c1coc2ccccc12. The summed E-state index contributed by atoms with van der Waals surface area (Å²) < 4.78 is 5.35. The lowest BCUT2D eigenvalue weighted by molar-refractivity contribution is 0.104. The number of carbonyl (C=O) groups is 1. The predicted molar refractivity (Wildman–Crippen MR) is 68.3 cm³/mol. The summed E-state index contributed by atoms with van der Waals surface area (Å²) in [6.45, 7) is 0. The molecule has 88 valence electrons. The molecule has 0 saturated carbocycles. The minimum Gasteiger partial charge on any atom is -0.464 e. The second-order valence-corrected chi connectivity index (χ2v) is 3.91. The fourth-order valence-corrected chi connectivity index (χ4v) is 1.91. The van der Waals surface area contributed by atoms with E-state index in [9.17, 15) is 4.79 Å².